The van der Waals surface area contributed by atoms with Crippen LogP contribution in [0.15, 0.2) is 29.2 Å². The van der Waals surface area contributed by atoms with Crippen molar-refractivity contribution in [3.8, 4) is 0 Å². The number of nitrogens with one attached hydrogen (secondary N) is 1. The van der Waals surface area contributed by atoms with Crippen molar-refractivity contribution in [2.75, 3.05) is 5.32 Å². The van der Waals surface area contributed by atoms with E-state index < -0.39 is 29.8 Å². The highest BCUT2D eigenvalue weighted by Gasteiger charge is 2.46. The molecule has 0 aliphatic carbocycles. The van der Waals surface area contributed by atoms with Gasteiger partial charge >= 0.3 is 5.51 Å². The van der Waals surface area contributed by atoms with Gasteiger partial charge < -0.3 is 5.32 Å². The number of hydrogen-bond acceptors (Lipinski definition) is 3. The first kappa shape index (κ1) is 16.0. The minimum atomic E-state index is -5.40. The summed E-state index contributed by atoms with van der Waals surface area (Å²) in [4.78, 5) is 11.1. The topological polar surface area (TPSA) is 63.2 Å². The highest BCUT2D eigenvalue weighted by atomic mass is 32.2. The van der Waals surface area contributed by atoms with Crippen LogP contribution in [0.1, 0.15) is 12.8 Å². The van der Waals surface area contributed by atoms with Gasteiger partial charge in [-0.2, -0.15) is 13.2 Å². The lowest BCUT2D eigenvalue weighted by Crippen LogP contribution is -2.24. The fourth-order valence-corrected chi connectivity index (χ4v) is 5.13. The number of anilines is 1. The van der Waals surface area contributed by atoms with E-state index in [1.54, 1.807) is 0 Å². The first-order chi connectivity index (χ1) is 9.72. The third kappa shape index (κ3) is 3.46. The van der Waals surface area contributed by atoms with Gasteiger partial charge in [0.15, 0.2) is 0 Å². The lowest BCUT2D eigenvalue weighted by molar-refractivity contribution is -0.116. The molecule has 21 heavy (non-hydrogen) atoms. The van der Waals surface area contributed by atoms with Gasteiger partial charge in [0.2, 0.25) is 5.91 Å². The number of sulfone groups is 1. The minimum absolute atomic E-state index is 0.0205. The zero-order valence-electron chi connectivity index (χ0n) is 11.0. The number of carbonyl (C=O) groups excluding carboxylic acids is 1. The minimum Gasteiger partial charge on any atom is -0.326 e. The quantitative estimate of drug-likeness (QED) is 0.859. The second-order valence-electron chi connectivity index (χ2n) is 4.95. The molecular formula is C12H14F3NO3SSi. The highest BCUT2D eigenvalue weighted by molar-refractivity contribution is 7.92. The van der Waals surface area contributed by atoms with Crippen molar-refractivity contribution in [1.82, 2.24) is 0 Å². The molecule has 0 spiro atoms. The molecule has 0 bridgehead atoms. The number of halogens is 3. The van der Waals surface area contributed by atoms with Gasteiger partial charge in [-0.15, -0.1) is 0 Å². The fraction of sp³-hybridized carbons (Fsp3) is 0.417. The van der Waals surface area contributed by atoms with E-state index in [1.165, 1.54) is 12.1 Å². The molecule has 1 atom stereocenters. The average molecular weight is 337 g/mol. The maximum atomic E-state index is 12.5. The molecule has 116 valence electrons. The molecule has 1 heterocycles. The van der Waals surface area contributed by atoms with Crippen LogP contribution in [0.5, 0.6) is 0 Å². The molecule has 1 aliphatic heterocycles. The van der Waals surface area contributed by atoms with E-state index in [-0.39, 0.29) is 17.1 Å². The first-order valence-electron chi connectivity index (χ1n) is 6.44. The Bertz CT molecular complexity index is 639. The molecule has 0 saturated carbocycles. The van der Waals surface area contributed by atoms with Crippen LogP contribution in [-0.2, 0) is 14.6 Å². The second-order valence-corrected chi connectivity index (χ2v) is 9.16. The van der Waals surface area contributed by atoms with Gasteiger partial charge in [0.25, 0.3) is 9.84 Å². The SMILES string of the molecule is O=C(Nc1cccc(S(=O)(=O)C(F)(F)F)c1)C1CCC[SiH2]1. The first-order valence-corrected chi connectivity index (χ1v) is 9.74. The van der Waals surface area contributed by atoms with Crippen molar-refractivity contribution in [3.05, 3.63) is 24.3 Å². The molecule has 9 heteroatoms. The molecule has 1 aromatic carbocycles. The molecule has 0 aromatic heterocycles. The predicted molar refractivity (Wildman–Crippen MR) is 74.6 cm³/mol. The fourth-order valence-electron chi connectivity index (χ4n) is 2.31. The van der Waals surface area contributed by atoms with Gasteiger partial charge in [-0.3, -0.25) is 4.79 Å². The van der Waals surface area contributed by atoms with Crippen LogP contribution in [0.25, 0.3) is 0 Å². The summed E-state index contributed by atoms with van der Waals surface area (Å²) < 4.78 is 60.1. The van der Waals surface area contributed by atoms with Crippen LogP contribution in [0.2, 0.25) is 11.6 Å². The molecule has 1 saturated heterocycles. The van der Waals surface area contributed by atoms with Gasteiger partial charge in [-0.1, -0.05) is 18.5 Å². The largest absolute Gasteiger partial charge is 0.501 e. The summed E-state index contributed by atoms with van der Waals surface area (Å²) in [5, 5.41) is 2.51. The number of carbonyl (C=O) groups is 1. The standard InChI is InChI=1S/C12H14F3NO3SSi/c13-12(14,15)20(18,19)9-4-1-3-8(7-9)16-11(17)10-5-2-6-21-10/h1,3-4,7,10H,2,5-6,21H2,(H,16,17). The molecule has 1 aliphatic rings. The highest BCUT2D eigenvalue weighted by Crippen LogP contribution is 2.31. The number of hydrogen-bond donors (Lipinski definition) is 1. The summed E-state index contributed by atoms with van der Waals surface area (Å²) in [5.41, 5.74) is -5.30. The maximum Gasteiger partial charge on any atom is 0.501 e. The van der Waals surface area contributed by atoms with Crippen LogP contribution >= 0.6 is 0 Å². The van der Waals surface area contributed by atoms with E-state index in [0.717, 1.165) is 31.0 Å². The second kappa shape index (κ2) is 5.80. The van der Waals surface area contributed by atoms with Crippen molar-refractivity contribution < 1.29 is 26.4 Å². The van der Waals surface area contributed by atoms with Crippen molar-refractivity contribution in [2.24, 2.45) is 0 Å². The summed E-state index contributed by atoms with van der Waals surface area (Å²) in [6.45, 7) is 0. The lowest BCUT2D eigenvalue weighted by Gasteiger charge is -2.12. The monoisotopic (exact) mass is 337 g/mol. The van der Waals surface area contributed by atoms with Gasteiger partial charge in [0, 0.05) is 20.7 Å². The molecule has 4 nitrogen and oxygen atoms in total. The molecule has 1 N–H and O–H groups in total. The van der Waals surface area contributed by atoms with Crippen LogP contribution in [0, 0.1) is 0 Å². The van der Waals surface area contributed by atoms with E-state index in [2.05, 4.69) is 5.32 Å². The Labute approximate surface area is 122 Å². The van der Waals surface area contributed by atoms with Gasteiger partial charge in [0.05, 0.1) is 4.90 Å². The Hall–Kier alpha value is -1.35. The van der Waals surface area contributed by atoms with E-state index in [9.17, 15) is 26.4 Å². The molecular weight excluding hydrogens is 323 g/mol. The number of alkyl halides is 3. The summed E-state index contributed by atoms with van der Waals surface area (Å²) >= 11 is 0. The number of benzene rings is 1. The van der Waals surface area contributed by atoms with E-state index in [1.807, 2.05) is 0 Å². The Morgan fingerprint density at radius 2 is 2.05 bits per heavy atom. The molecule has 1 fully saturated rings. The van der Waals surface area contributed by atoms with E-state index in [0.29, 0.717) is 0 Å². The van der Waals surface area contributed by atoms with Crippen LogP contribution in [0.3, 0.4) is 0 Å². The number of amides is 1. The predicted octanol–water partition coefficient (Wildman–Crippen LogP) is 2.09. The van der Waals surface area contributed by atoms with Gasteiger partial charge in [-0.25, -0.2) is 8.42 Å². The summed E-state index contributed by atoms with van der Waals surface area (Å²) in [5.74, 6) is -0.222. The third-order valence-electron chi connectivity index (χ3n) is 3.44. The average Bonchev–Trinajstić information content (AvgIpc) is 2.91. The van der Waals surface area contributed by atoms with Crippen molar-refractivity contribution in [2.45, 2.75) is 34.8 Å². The Kier molecular flexibility index (Phi) is 4.42. The normalized spacial score (nSPS) is 20.6. The zero-order valence-corrected chi connectivity index (χ0v) is 13.2. The smallest absolute Gasteiger partial charge is 0.326 e. The van der Waals surface area contributed by atoms with Crippen LogP contribution in [-0.4, -0.2) is 29.4 Å². The molecule has 1 unspecified atom stereocenters. The Morgan fingerprint density at radius 1 is 1.33 bits per heavy atom. The number of rotatable bonds is 3. The van der Waals surface area contributed by atoms with Crippen molar-refractivity contribution in [3.63, 3.8) is 0 Å². The van der Waals surface area contributed by atoms with E-state index in [4.69, 9.17) is 0 Å². The molecule has 1 amide bonds. The third-order valence-corrected chi connectivity index (χ3v) is 7.31. The molecule has 0 radical (unpaired) electrons. The van der Waals surface area contributed by atoms with E-state index >= 15 is 0 Å². The summed E-state index contributed by atoms with van der Waals surface area (Å²) in [6, 6.07) is 5.35. The lowest BCUT2D eigenvalue weighted by atomic mass is 10.2. The van der Waals surface area contributed by atoms with Crippen LogP contribution < -0.4 is 5.32 Å². The summed E-state index contributed by atoms with van der Waals surface area (Å²) in [6.07, 6.45) is 1.81. The maximum absolute atomic E-state index is 12.5. The summed E-state index contributed by atoms with van der Waals surface area (Å²) in [7, 11) is -5.87. The Morgan fingerprint density at radius 3 is 2.62 bits per heavy atom. The Balaban J connectivity index is 2.20. The molecule has 1 aromatic rings. The van der Waals surface area contributed by atoms with Crippen molar-refractivity contribution in [1.29, 1.82) is 0 Å². The van der Waals surface area contributed by atoms with Crippen LogP contribution in [0.4, 0.5) is 18.9 Å². The van der Waals surface area contributed by atoms with Gasteiger partial charge in [0.1, 0.15) is 0 Å². The zero-order chi connectivity index (χ0) is 15.7. The van der Waals surface area contributed by atoms with Crippen molar-refractivity contribution >= 4 is 31.0 Å². The molecule has 2 rings (SSSR count). The van der Waals surface area contributed by atoms with Gasteiger partial charge in [-0.05, 0) is 24.6 Å².